The lowest BCUT2D eigenvalue weighted by atomic mass is 9.97. The Hall–Kier alpha value is -1.36. The Morgan fingerprint density at radius 1 is 1.53 bits per heavy atom. The predicted molar refractivity (Wildman–Crippen MR) is 65.6 cm³/mol. The first kappa shape index (κ1) is 12.1. The van der Waals surface area contributed by atoms with Crippen molar-refractivity contribution in [1.82, 2.24) is 14.7 Å². The normalized spacial score (nSPS) is 17.5. The maximum Gasteiger partial charge on any atom is 0.274 e. The van der Waals surface area contributed by atoms with Gasteiger partial charge in [-0.1, -0.05) is 0 Å². The molecule has 1 aliphatic rings. The summed E-state index contributed by atoms with van der Waals surface area (Å²) < 4.78 is 1.74. The predicted octanol–water partition coefficient (Wildman–Crippen LogP) is 0.539. The third-order valence-corrected chi connectivity index (χ3v) is 3.57. The van der Waals surface area contributed by atoms with Crippen molar-refractivity contribution in [2.75, 3.05) is 19.6 Å². The number of rotatable bonds is 2. The zero-order chi connectivity index (χ0) is 12.4. The molecule has 0 spiro atoms. The maximum absolute atomic E-state index is 12.2. The van der Waals surface area contributed by atoms with Crippen LogP contribution in [0.25, 0.3) is 0 Å². The fourth-order valence-electron chi connectivity index (χ4n) is 2.20. The number of nitrogens with two attached hydrogens (primary N) is 1. The Bertz CT molecular complexity index is 385. The van der Waals surface area contributed by atoms with E-state index in [0.717, 1.165) is 38.2 Å². The molecule has 0 atom stereocenters. The lowest BCUT2D eigenvalue weighted by Crippen LogP contribution is -2.40. The second-order valence-corrected chi connectivity index (χ2v) is 4.77. The minimum absolute atomic E-state index is 0.0455. The number of hydrogen-bond acceptors (Lipinski definition) is 3. The number of carbonyl (C=O) groups is 1. The van der Waals surface area contributed by atoms with Crippen LogP contribution in [0.4, 0.5) is 0 Å². The summed E-state index contributed by atoms with van der Waals surface area (Å²) in [7, 11) is 1.85. The van der Waals surface area contributed by atoms with E-state index in [1.165, 1.54) is 0 Å². The van der Waals surface area contributed by atoms with Gasteiger partial charge in [0.1, 0.15) is 0 Å². The third kappa shape index (κ3) is 2.49. The molecule has 0 aromatic carbocycles. The molecule has 1 fully saturated rings. The van der Waals surface area contributed by atoms with E-state index >= 15 is 0 Å². The number of carbonyl (C=O) groups excluding carboxylic acids is 1. The monoisotopic (exact) mass is 236 g/mol. The molecule has 1 amide bonds. The van der Waals surface area contributed by atoms with Gasteiger partial charge in [-0.2, -0.15) is 5.10 Å². The van der Waals surface area contributed by atoms with Gasteiger partial charge < -0.3 is 10.6 Å². The summed E-state index contributed by atoms with van der Waals surface area (Å²) in [6.45, 7) is 4.28. The molecule has 2 N–H and O–H groups in total. The van der Waals surface area contributed by atoms with Gasteiger partial charge in [0.15, 0.2) is 5.69 Å². The van der Waals surface area contributed by atoms with Crippen LogP contribution in [-0.4, -0.2) is 40.2 Å². The van der Waals surface area contributed by atoms with Gasteiger partial charge in [-0.3, -0.25) is 9.48 Å². The van der Waals surface area contributed by atoms with Crippen molar-refractivity contribution in [1.29, 1.82) is 0 Å². The van der Waals surface area contributed by atoms with Crippen LogP contribution >= 0.6 is 0 Å². The Kier molecular flexibility index (Phi) is 3.47. The first-order chi connectivity index (χ1) is 8.11. The fourth-order valence-corrected chi connectivity index (χ4v) is 2.20. The summed E-state index contributed by atoms with van der Waals surface area (Å²) in [5.74, 6) is 0.619. The van der Waals surface area contributed by atoms with Crippen LogP contribution in [0.15, 0.2) is 6.07 Å². The Morgan fingerprint density at radius 2 is 2.18 bits per heavy atom. The summed E-state index contributed by atoms with van der Waals surface area (Å²) in [4.78, 5) is 14.1. The van der Waals surface area contributed by atoms with Crippen molar-refractivity contribution in [3.8, 4) is 0 Å². The minimum atomic E-state index is 0.0455. The number of hydrogen-bond donors (Lipinski definition) is 1. The SMILES string of the molecule is Cc1cc(C(=O)N2CCC(CN)CC2)nn1C. The molecule has 0 saturated carbocycles. The van der Waals surface area contributed by atoms with Gasteiger partial charge in [0.05, 0.1) is 0 Å². The van der Waals surface area contributed by atoms with Gasteiger partial charge in [0, 0.05) is 25.8 Å². The fraction of sp³-hybridized carbons (Fsp3) is 0.667. The second kappa shape index (κ2) is 4.87. The van der Waals surface area contributed by atoms with Crippen molar-refractivity contribution in [3.05, 3.63) is 17.5 Å². The number of aromatic nitrogens is 2. The molecule has 94 valence electrons. The minimum Gasteiger partial charge on any atom is -0.337 e. The molecule has 2 heterocycles. The van der Waals surface area contributed by atoms with E-state index < -0.39 is 0 Å². The lowest BCUT2D eigenvalue weighted by molar-refractivity contribution is 0.0686. The number of piperidine rings is 1. The van der Waals surface area contributed by atoms with Gasteiger partial charge in [-0.15, -0.1) is 0 Å². The Balaban J connectivity index is 2.01. The van der Waals surface area contributed by atoms with E-state index in [4.69, 9.17) is 5.73 Å². The van der Waals surface area contributed by atoms with E-state index in [9.17, 15) is 4.79 Å². The largest absolute Gasteiger partial charge is 0.337 e. The van der Waals surface area contributed by atoms with E-state index in [1.54, 1.807) is 4.68 Å². The van der Waals surface area contributed by atoms with Crippen LogP contribution in [0.5, 0.6) is 0 Å². The van der Waals surface area contributed by atoms with E-state index in [0.29, 0.717) is 11.6 Å². The number of aryl methyl sites for hydroxylation is 2. The summed E-state index contributed by atoms with van der Waals surface area (Å²) in [5.41, 5.74) is 7.20. The second-order valence-electron chi connectivity index (χ2n) is 4.77. The third-order valence-electron chi connectivity index (χ3n) is 3.57. The standard InChI is InChI=1S/C12H20N4O/c1-9-7-11(14-15(9)2)12(17)16-5-3-10(8-13)4-6-16/h7,10H,3-6,8,13H2,1-2H3. The molecule has 0 aliphatic carbocycles. The average Bonchev–Trinajstić information content (AvgIpc) is 2.69. The highest BCUT2D eigenvalue weighted by Gasteiger charge is 2.24. The van der Waals surface area contributed by atoms with Crippen LogP contribution in [0.2, 0.25) is 0 Å². The molecule has 2 rings (SSSR count). The van der Waals surface area contributed by atoms with Crippen LogP contribution in [-0.2, 0) is 7.05 Å². The van der Waals surface area contributed by atoms with Crippen LogP contribution in [0.3, 0.4) is 0 Å². The summed E-state index contributed by atoms with van der Waals surface area (Å²) in [6, 6.07) is 1.84. The molecule has 1 aromatic rings. The maximum atomic E-state index is 12.2. The lowest BCUT2D eigenvalue weighted by Gasteiger charge is -2.30. The van der Waals surface area contributed by atoms with Crippen molar-refractivity contribution in [2.45, 2.75) is 19.8 Å². The van der Waals surface area contributed by atoms with Gasteiger partial charge >= 0.3 is 0 Å². The summed E-state index contributed by atoms with van der Waals surface area (Å²) >= 11 is 0. The van der Waals surface area contributed by atoms with Gasteiger partial charge in [0.25, 0.3) is 5.91 Å². The molecule has 0 unspecified atom stereocenters. The molecule has 0 bridgehead atoms. The van der Waals surface area contributed by atoms with E-state index in [2.05, 4.69) is 5.10 Å². The van der Waals surface area contributed by atoms with Crippen LogP contribution in [0.1, 0.15) is 29.0 Å². The summed E-state index contributed by atoms with van der Waals surface area (Å²) in [5, 5.41) is 4.23. The molecule has 1 aromatic heterocycles. The topological polar surface area (TPSA) is 64.2 Å². The highest BCUT2D eigenvalue weighted by atomic mass is 16.2. The smallest absolute Gasteiger partial charge is 0.274 e. The highest BCUT2D eigenvalue weighted by Crippen LogP contribution is 2.17. The molecular formula is C12H20N4O. The zero-order valence-corrected chi connectivity index (χ0v) is 10.5. The Morgan fingerprint density at radius 3 is 2.65 bits per heavy atom. The highest BCUT2D eigenvalue weighted by molar-refractivity contribution is 5.92. The van der Waals surface area contributed by atoms with Crippen molar-refractivity contribution in [3.63, 3.8) is 0 Å². The van der Waals surface area contributed by atoms with Crippen molar-refractivity contribution < 1.29 is 4.79 Å². The summed E-state index contributed by atoms with van der Waals surface area (Å²) in [6.07, 6.45) is 2.02. The molecule has 5 nitrogen and oxygen atoms in total. The number of nitrogens with zero attached hydrogens (tertiary/aromatic N) is 3. The number of likely N-dealkylation sites (tertiary alicyclic amines) is 1. The molecular weight excluding hydrogens is 216 g/mol. The first-order valence-electron chi connectivity index (χ1n) is 6.11. The molecule has 17 heavy (non-hydrogen) atoms. The average molecular weight is 236 g/mol. The molecule has 1 aliphatic heterocycles. The van der Waals surface area contributed by atoms with Crippen LogP contribution < -0.4 is 5.73 Å². The van der Waals surface area contributed by atoms with E-state index in [1.807, 2.05) is 24.9 Å². The van der Waals surface area contributed by atoms with Gasteiger partial charge in [0.2, 0.25) is 0 Å². The molecule has 5 heteroatoms. The van der Waals surface area contributed by atoms with Crippen LogP contribution in [0, 0.1) is 12.8 Å². The zero-order valence-electron chi connectivity index (χ0n) is 10.5. The quantitative estimate of drug-likeness (QED) is 0.815. The first-order valence-corrected chi connectivity index (χ1v) is 6.11. The number of amides is 1. The van der Waals surface area contributed by atoms with E-state index in [-0.39, 0.29) is 5.91 Å². The van der Waals surface area contributed by atoms with Crippen molar-refractivity contribution >= 4 is 5.91 Å². The molecule has 0 radical (unpaired) electrons. The van der Waals surface area contributed by atoms with Gasteiger partial charge in [-0.05, 0) is 38.3 Å². The Labute approximate surface area is 102 Å². The van der Waals surface area contributed by atoms with Crippen molar-refractivity contribution in [2.24, 2.45) is 18.7 Å². The van der Waals surface area contributed by atoms with Gasteiger partial charge in [-0.25, -0.2) is 0 Å². The molecule has 1 saturated heterocycles.